The average molecular weight is 309 g/mol. The molecule has 0 saturated heterocycles. The monoisotopic (exact) mass is 308 g/mol. The van der Waals surface area contributed by atoms with Crippen molar-refractivity contribution in [2.75, 3.05) is 0 Å². The number of carbonyl (C=O) groups excluding carboxylic acids is 1. The fourth-order valence-corrected chi connectivity index (χ4v) is 3.09. The number of fused-ring (bicyclic) bond motifs is 1. The number of allylic oxidation sites excluding steroid dienone is 2. The molecule has 2 aliphatic heterocycles. The van der Waals surface area contributed by atoms with Crippen molar-refractivity contribution in [1.29, 1.82) is 0 Å². The molecule has 0 amide bonds. The molecule has 0 fully saturated rings. The number of carbonyl (C=O) groups is 1. The van der Waals surface area contributed by atoms with E-state index in [4.69, 9.17) is 0 Å². The maximum absolute atomic E-state index is 10.7. The first-order chi connectivity index (χ1) is 8.28. The van der Waals surface area contributed by atoms with Gasteiger partial charge in [0.1, 0.15) is 6.17 Å². The standard InChI is InChI=1S/C12H9BrN2OS/c13-8-1-4-12-14-5-10(15(12)6-8)11-3-2-9(7-16)17-11/h1-7,12,14H. The Morgan fingerprint density at radius 2 is 2.35 bits per heavy atom. The number of rotatable bonds is 2. The van der Waals surface area contributed by atoms with E-state index in [2.05, 4.69) is 32.2 Å². The molecule has 0 spiro atoms. The highest BCUT2D eigenvalue weighted by Gasteiger charge is 2.26. The van der Waals surface area contributed by atoms with Crippen LogP contribution >= 0.6 is 27.3 Å². The first-order valence-corrected chi connectivity index (χ1v) is 6.74. The number of thiophene rings is 1. The number of nitrogens with one attached hydrogen (secondary N) is 1. The molecule has 0 radical (unpaired) electrons. The molecule has 3 rings (SSSR count). The van der Waals surface area contributed by atoms with Crippen molar-refractivity contribution in [1.82, 2.24) is 10.2 Å². The SMILES string of the molecule is O=Cc1ccc(C2=CNC3C=CC(Br)=CN23)s1. The van der Waals surface area contributed by atoms with E-state index in [1.165, 1.54) is 11.3 Å². The molecule has 86 valence electrons. The highest BCUT2D eigenvalue weighted by molar-refractivity contribution is 9.11. The quantitative estimate of drug-likeness (QED) is 0.853. The molecule has 0 saturated carbocycles. The molecular formula is C12H9BrN2OS. The Hall–Kier alpha value is -1.33. The van der Waals surface area contributed by atoms with Gasteiger partial charge in [0.2, 0.25) is 0 Å². The van der Waals surface area contributed by atoms with Crippen molar-refractivity contribution in [2.45, 2.75) is 6.17 Å². The van der Waals surface area contributed by atoms with Crippen LogP contribution in [-0.2, 0) is 0 Å². The van der Waals surface area contributed by atoms with Gasteiger partial charge in [0, 0.05) is 16.9 Å². The maximum atomic E-state index is 10.7. The van der Waals surface area contributed by atoms with Crippen LogP contribution in [0.1, 0.15) is 14.5 Å². The lowest BCUT2D eigenvalue weighted by Crippen LogP contribution is -2.32. The number of nitrogens with zero attached hydrogens (tertiary/aromatic N) is 1. The van der Waals surface area contributed by atoms with Gasteiger partial charge in [0.05, 0.1) is 15.5 Å². The van der Waals surface area contributed by atoms with Gasteiger partial charge in [-0.3, -0.25) is 4.79 Å². The fraction of sp³-hybridized carbons (Fsp3) is 0.0833. The Morgan fingerprint density at radius 3 is 3.12 bits per heavy atom. The Morgan fingerprint density at radius 1 is 1.47 bits per heavy atom. The smallest absolute Gasteiger partial charge is 0.160 e. The molecule has 1 atom stereocenters. The highest BCUT2D eigenvalue weighted by Crippen LogP contribution is 2.33. The van der Waals surface area contributed by atoms with E-state index in [-0.39, 0.29) is 6.17 Å². The highest BCUT2D eigenvalue weighted by atomic mass is 79.9. The normalized spacial score (nSPS) is 21.7. The summed E-state index contributed by atoms with van der Waals surface area (Å²) in [6.45, 7) is 0. The second kappa shape index (κ2) is 4.16. The Kier molecular flexibility index (Phi) is 2.64. The minimum absolute atomic E-state index is 0.174. The van der Waals surface area contributed by atoms with E-state index in [1.54, 1.807) is 0 Å². The average Bonchev–Trinajstić information content (AvgIpc) is 2.93. The van der Waals surface area contributed by atoms with E-state index >= 15 is 0 Å². The van der Waals surface area contributed by atoms with Gasteiger partial charge in [-0.05, 0) is 40.2 Å². The summed E-state index contributed by atoms with van der Waals surface area (Å²) in [5.74, 6) is 0. The summed E-state index contributed by atoms with van der Waals surface area (Å²) < 4.78 is 1.04. The number of hydrogen-bond acceptors (Lipinski definition) is 4. The lowest BCUT2D eigenvalue weighted by Gasteiger charge is -2.25. The van der Waals surface area contributed by atoms with Crippen LogP contribution in [0, 0.1) is 0 Å². The van der Waals surface area contributed by atoms with Crippen molar-refractivity contribution in [3.8, 4) is 0 Å². The zero-order chi connectivity index (χ0) is 11.8. The predicted molar refractivity (Wildman–Crippen MR) is 72.6 cm³/mol. The fourth-order valence-electron chi connectivity index (χ4n) is 1.88. The van der Waals surface area contributed by atoms with E-state index in [9.17, 15) is 4.79 Å². The molecule has 3 heterocycles. The minimum Gasteiger partial charge on any atom is -0.366 e. The molecule has 3 nitrogen and oxygen atoms in total. The second-order valence-electron chi connectivity index (χ2n) is 3.74. The van der Waals surface area contributed by atoms with Gasteiger partial charge < -0.3 is 10.2 Å². The van der Waals surface area contributed by atoms with Crippen LogP contribution < -0.4 is 5.32 Å². The van der Waals surface area contributed by atoms with E-state index in [0.29, 0.717) is 0 Å². The third-order valence-electron chi connectivity index (χ3n) is 2.66. The molecule has 1 N–H and O–H groups in total. The molecule has 5 heteroatoms. The molecule has 1 unspecified atom stereocenters. The molecular weight excluding hydrogens is 300 g/mol. The lowest BCUT2D eigenvalue weighted by molar-refractivity contribution is 0.112. The van der Waals surface area contributed by atoms with Crippen molar-refractivity contribution in [2.24, 2.45) is 0 Å². The Bertz CT molecular complexity index is 559. The zero-order valence-electron chi connectivity index (χ0n) is 8.76. The lowest BCUT2D eigenvalue weighted by atomic mass is 10.2. The van der Waals surface area contributed by atoms with Gasteiger partial charge in [-0.2, -0.15) is 0 Å². The van der Waals surface area contributed by atoms with Gasteiger partial charge in [0.25, 0.3) is 0 Å². The van der Waals surface area contributed by atoms with Crippen molar-refractivity contribution < 1.29 is 4.79 Å². The topological polar surface area (TPSA) is 32.3 Å². The summed E-state index contributed by atoms with van der Waals surface area (Å²) >= 11 is 4.97. The molecule has 2 aliphatic rings. The zero-order valence-corrected chi connectivity index (χ0v) is 11.2. The Labute approximate surface area is 111 Å². The van der Waals surface area contributed by atoms with Gasteiger partial charge >= 0.3 is 0 Å². The van der Waals surface area contributed by atoms with Crippen LogP contribution in [0.3, 0.4) is 0 Å². The second-order valence-corrected chi connectivity index (χ2v) is 5.77. The van der Waals surface area contributed by atoms with Gasteiger partial charge in [0.15, 0.2) is 6.29 Å². The number of halogens is 1. The van der Waals surface area contributed by atoms with Crippen LogP contribution in [0.5, 0.6) is 0 Å². The molecule has 0 aliphatic carbocycles. The summed E-state index contributed by atoms with van der Waals surface area (Å²) in [6.07, 6.45) is 9.19. The molecule has 1 aromatic heterocycles. The maximum Gasteiger partial charge on any atom is 0.160 e. The number of aldehydes is 1. The predicted octanol–water partition coefficient (Wildman–Crippen LogP) is 2.90. The molecule has 0 bridgehead atoms. The van der Waals surface area contributed by atoms with E-state index in [0.717, 1.165) is 26.2 Å². The largest absolute Gasteiger partial charge is 0.366 e. The molecule has 17 heavy (non-hydrogen) atoms. The summed E-state index contributed by atoms with van der Waals surface area (Å²) in [5, 5.41) is 3.28. The van der Waals surface area contributed by atoms with Gasteiger partial charge in [-0.1, -0.05) is 0 Å². The summed E-state index contributed by atoms with van der Waals surface area (Å²) in [6, 6.07) is 3.82. The van der Waals surface area contributed by atoms with Crippen LogP contribution in [0.25, 0.3) is 5.70 Å². The van der Waals surface area contributed by atoms with Crippen molar-refractivity contribution in [3.63, 3.8) is 0 Å². The Balaban J connectivity index is 1.94. The van der Waals surface area contributed by atoms with Crippen LogP contribution in [-0.4, -0.2) is 17.4 Å². The van der Waals surface area contributed by atoms with Crippen LogP contribution in [0.15, 0.2) is 41.2 Å². The minimum atomic E-state index is 0.174. The van der Waals surface area contributed by atoms with Crippen LogP contribution in [0.4, 0.5) is 0 Å². The van der Waals surface area contributed by atoms with E-state index < -0.39 is 0 Å². The van der Waals surface area contributed by atoms with Crippen molar-refractivity contribution >= 4 is 39.2 Å². The summed E-state index contributed by atoms with van der Waals surface area (Å²) in [5.41, 5.74) is 1.09. The molecule has 0 aromatic carbocycles. The summed E-state index contributed by atoms with van der Waals surface area (Å²) in [4.78, 5) is 14.7. The first kappa shape index (κ1) is 10.8. The third kappa shape index (κ3) is 1.85. The van der Waals surface area contributed by atoms with Crippen molar-refractivity contribution in [3.05, 3.63) is 50.9 Å². The first-order valence-electron chi connectivity index (χ1n) is 5.13. The van der Waals surface area contributed by atoms with Gasteiger partial charge in [-0.25, -0.2) is 0 Å². The van der Waals surface area contributed by atoms with Crippen LogP contribution in [0.2, 0.25) is 0 Å². The van der Waals surface area contributed by atoms with Gasteiger partial charge in [-0.15, -0.1) is 11.3 Å². The summed E-state index contributed by atoms with van der Waals surface area (Å²) in [7, 11) is 0. The molecule has 1 aromatic rings. The number of hydrogen-bond donors (Lipinski definition) is 1. The van der Waals surface area contributed by atoms with E-state index in [1.807, 2.05) is 30.6 Å². The third-order valence-corrected chi connectivity index (χ3v) is 4.17.